The molecule has 1 amide bonds. The van der Waals surface area contributed by atoms with Crippen molar-refractivity contribution in [3.8, 4) is 5.69 Å². The van der Waals surface area contributed by atoms with Crippen LogP contribution in [0.25, 0.3) is 5.69 Å². The van der Waals surface area contributed by atoms with Gasteiger partial charge in [0.25, 0.3) is 0 Å². The van der Waals surface area contributed by atoms with Gasteiger partial charge in [0.15, 0.2) is 0 Å². The Bertz CT molecular complexity index is 909. The summed E-state index contributed by atoms with van der Waals surface area (Å²) in [7, 11) is 0. The average Bonchev–Trinajstić information content (AvgIpc) is 2.91. The Labute approximate surface area is 162 Å². The molecular weight excluding hydrogens is 366 g/mol. The second-order valence-electron chi connectivity index (χ2n) is 5.96. The number of aromatic nitrogens is 2. The lowest BCUT2D eigenvalue weighted by atomic mass is 10.2. The summed E-state index contributed by atoms with van der Waals surface area (Å²) in [5, 5.41) is 8.26. The minimum Gasteiger partial charge on any atom is -0.322 e. The smallest absolute Gasteiger partial charge is 0.234 e. The highest BCUT2D eigenvalue weighted by atomic mass is 35.5. The predicted octanol–water partition coefficient (Wildman–Crippen LogP) is 5.01. The van der Waals surface area contributed by atoms with Crippen LogP contribution in [0.1, 0.15) is 17.0 Å². The number of nitrogens with one attached hydrogen (secondary N) is 1. The molecule has 0 unspecified atom stereocenters. The fourth-order valence-electron chi connectivity index (χ4n) is 2.71. The van der Waals surface area contributed by atoms with E-state index in [1.54, 1.807) is 11.8 Å². The van der Waals surface area contributed by atoms with Crippen molar-refractivity contribution in [2.75, 3.05) is 11.1 Å². The lowest BCUT2D eigenvalue weighted by Gasteiger charge is -2.07. The molecule has 1 heterocycles. The van der Waals surface area contributed by atoms with E-state index in [0.29, 0.717) is 10.8 Å². The quantitative estimate of drug-likeness (QED) is 0.648. The fourth-order valence-corrected chi connectivity index (χ4v) is 3.70. The van der Waals surface area contributed by atoms with E-state index in [1.165, 1.54) is 0 Å². The number of thioether (sulfide) groups is 1. The standard InChI is InChI=1S/C20H20ClN3OS/c1-14-20(15(2)24(23-14)18-9-4-3-5-10-18)22-19(25)13-26-12-16-7-6-8-17(21)11-16/h3-11H,12-13H2,1-2H3,(H,22,25). The Balaban J connectivity index is 1.62. The molecule has 3 aromatic rings. The number of amides is 1. The molecule has 0 bridgehead atoms. The molecule has 0 aliphatic rings. The van der Waals surface area contributed by atoms with Gasteiger partial charge in [0.1, 0.15) is 0 Å². The van der Waals surface area contributed by atoms with E-state index < -0.39 is 0 Å². The molecule has 0 saturated heterocycles. The Kier molecular flexibility index (Phi) is 6.01. The van der Waals surface area contributed by atoms with Gasteiger partial charge in [-0.15, -0.1) is 11.8 Å². The second-order valence-corrected chi connectivity index (χ2v) is 7.39. The molecule has 0 fully saturated rings. The second kappa shape index (κ2) is 8.43. The Hall–Kier alpha value is -2.24. The zero-order valence-electron chi connectivity index (χ0n) is 14.7. The molecule has 0 atom stereocenters. The first kappa shape index (κ1) is 18.5. The summed E-state index contributed by atoms with van der Waals surface area (Å²) in [5.41, 5.74) is 4.59. The molecule has 0 radical (unpaired) electrons. The van der Waals surface area contributed by atoms with Gasteiger partial charge in [-0.2, -0.15) is 5.10 Å². The Morgan fingerprint density at radius 1 is 1.15 bits per heavy atom. The Morgan fingerprint density at radius 2 is 1.92 bits per heavy atom. The van der Waals surface area contributed by atoms with Crippen molar-refractivity contribution in [2.45, 2.75) is 19.6 Å². The van der Waals surface area contributed by atoms with E-state index in [4.69, 9.17) is 11.6 Å². The van der Waals surface area contributed by atoms with Crippen LogP contribution in [0.2, 0.25) is 5.02 Å². The van der Waals surface area contributed by atoms with E-state index in [0.717, 1.165) is 34.1 Å². The van der Waals surface area contributed by atoms with Crippen LogP contribution in [0.5, 0.6) is 0 Å². The highest BCUT2D eigenvalue weighted by Crippen LogP contribution is 2.23. The third kappa shape index (κ3) is 4.48. The number of hydrogen-bond donors (Lipinski definition) is 1. The van der Waals surface area contributed by atoms with Gasteiger partial charge < -0.3 is 5.32 Å². The molecule has 0 saturated carbocycles. The number of halogens is 1. The van der Waals surface area contributed by atoms with Gasteiger partial charge in [0.05, 0.1) is 28.5 Å². The number of aryl methyl sites for hydroxylation is 1. The molecule has 0 spiro atoms. The van der Waals surface area contributed by atoms with Crippen molar-refractivity contribution >= 4 is 35.0 Å². The minimum absolute atomic E-state index is 0.0316. The van der Waals surface area contributed by atoms with Crippen molar-refractivity contribution in [1.82, 2.24) is 9.78 Å². The van der Waals surface area contributed by atoms with E-state index in [-0.39, 0.29) is 5.91 Å². The summed E-state index contributed by atoms with van der Waals surface area (Å²) >= 11 is 7.54. The number of para-hydroxylation sites is 1. The molecule has 134 valence electrons. The number of hydrogen-bond acceptors (Lipinski definition) is 3. The van der Waals surface area contributed by atoms with Crippen LogP contribution >= 0.6 is 23.4 Å². The van der Waals surface area contributed by atoms with Gasteiger partial charge >= 0.3 is 0 Å². The maximum atomic E-state index is 12.3. The Morgan fingerprint density at radius 3 is 2.65 bits per heavy atom. The molecular formula is C20H20ClN3OS. The van der Waals surface area contributed by atoms with Crippen LogP contribution in [0, 0.1) is 13.8 Å². The van der Waals surface area contributed by atoms with Gasteiger partial charge in [-0.05, 0) is 43.7 Å². The summed E-state index contributed by atoms with van der Waals surface area (Å²) in [4.78, 5) is 12.3. The zero-order chi connectivity index (χ0) is 18.5. The largest absolute Gasteiger partial charge is 0.322 e. The number of nitrogens with zero attached hydrogens (tertiary/aromatic N) is 2. The highest BCUT2D eigenvalue weighted by Gasteiger charge is 2.15. The molecule has 0 aliphatic carbocycles. The summed E-state index contributed by atoms with van der Waals surface area (Å²) in [5.74, 6) is 1.09. The van der Waals surface area contributed by atoms with Crippen molar-refractivity contribution in [2.24, 2.45) is 0 Å². The van der Waals surface area contributed by atoms with Crippen molar-refractivity contribution in [3.05, 3.63) is 76.6 Å². The van der Waals surface area contributed by atoms with Gasteiger partial charge in [0.2, 0.25) is 5.91 Å². The average molecular weight is 386 g/mol. The molecule has 2 aromatic carbocycles. The van der Waals surface area contributed by atoms with Crippen LogP contribution in [0.3, 0.4) is 0 Å². The van der Waals surface area contributed by atoms with Crippen LogP contribution in [-0.4, -0.2) is 21.4 Å². The van der Waals surface area contributed by atoms with Gasteiger partial charge in [-0.1, -0.05) is 41.9 Å². The molecule has 1 N–H and O–H groups in total. The van der Waals surface area contributed by atoms with E-state index in [9.17, 15) is 4.79 Å². The molecule has 6 heteroatoms. The maximum Gasteiger partial charge on any atom is 0.234 e. The van der Waals surface area contributed by atoms with Crippen LogP contribution in [-0.2, 0) is 10.5 Å². The lowest BCUT2D eigenvalue weighted by Crippen LogP contribution is -2.15. The van der Waals surface area contributed by atoms with Crippen molar-refractivity contribution in [3.63, 3.8) is 0 Å². The number of carbonyl (C=O) groups excluding carboxylic acids is 1. The molecule has 1 aromatic heterocycles. The van der Waals surface area contributed by atoms with Gasteiger partial charge in [-0.3, -0.25) is 4.79 Å². The van der Waals surface area contributed by atoms with Crippen molar-refractivity contribution in [1.29, 1.82) is 0 Å². The first-order valence-corrected chi connectivity index (χ1v) is 9.81. The molecule has 4 nitrogen and oxygen atoms in total. The molecule has 3 rings (SSSR count). The summed E-state index contributed by atoms with van der Waals surface area (Å²) in [6.07, 6.45) is 0. The number of benzene rings is 2. The third-order valence-corrected chi connectivity index (χ3v) is 5.19. The molecule has 26 heavy (non-hydrogen) atoms. The number of anilines is 1. The normalized spacial score (nSPS) is 10.7. The van der Waals surface area contributed by atoms with Crippen molar-refractivity contribution < 1.29 is 4.79 Å². The van der Waals surface area contributed by atoms with E-state index in [1.807, 2.05) is 73.1 Å². The van der Waals surface area contributed by atoms with Crippen LogP contribution in [0.15, 0.2) is 54.6 Å². The number of rotatable bonds is 6. The van der Waals surface area contributed by atoms with E-state index in [2.05, 4.69) is 10.4 Å². The van der Waals surface area contributed by atoms with Gasteiger partial charge in [0, 0.05) is 10.8 Å². The summed E-state index contributed by atoms with van der Waals surface area (Å²) in [6.45, 7) is 3.86. The topological polar surface area (TPSA) is 46.9 Å². The maximum absolute atomic E-state index is 12.3. The molecule has 0 aliphatic heterocycles. The number of carbonyl (C=O) groups is 1. The minimum atomic E-state index is -0.0316. The first-order valence-electron chi connectivity index (χ1n) is 8.28. The first-order chi connectivity index (χ1) is 12.5. The zero-order valence-corrected chi connectivity index (χ0v) is 16.3. The summed E-state index contributed by atoms with van der Waals surface area (Å²) in [6, 6.07) is 17.6. The third-order valence-electron chi connectivity index (χ3n) is 3.95. The SMILES string of the molecule is Cc1nn(-c2ccccc2)c(C)c1NC(=O)CSCc1cccc(Cl)c1. The highest BCUT2D eigenvalue weighted by molar-refractivity contribution is 7.99. The van der Waals surface area contributed by atoms with Crippen LogP contribution < -0.4 is 5.32 Å². The predicted molar refractivity (Wildman–Crippen MR) is 109 cm³/mol. The lowest BCUT2D eigenvalue weighted by molar-refractivity contribution is -0.113. The fraction of sp³-hybridized carbons (Fsp3) is 0.200. The monoisotopic (exact) mass is 385 g/mol. The van der Waals surface area contributed by atoms with Crippen LogP contribution in [0.4, 0.5) is 5.69 Å². The van der Waals surface area contributed by atoms with Gasteiger partial charge in [-0.25, -0.2) is 4.68 Å². The van der Waals surface area contributed by atoms with E-state index >= 15 is 0 Å². The summed E-state index contributed by atoms with van der Waals surface area (Å²) < 4.78 is 1.85.